The first kappa shape index (κ1) is 17.6. The molecule has 0 radical (unpaired) electrons. The molecule has 0 bridgehead atoms. The lowest BCUT2D eigenvalue weighted by Crippen LogP contribution is -2.49. The van der Waals surface area contributed by atoms with E-state index in [0.29, 0.717) is 13.0 Å². The van der Waals surface area contributed by atoms with E-state index in [0.717, 1.165) is 43.7 Å². The Morgan fingerprint density at radius 3 is 2.40 bits per heavy atom. The Hall–Kier alpha value is -2.24. The van der Waals surface area contributed by atoms with Gasteiger partial charge in [0.25, 0.3) is 0 Å². The van der Waals surface area contributed by atoms with Gasteiger partial charge in [0.1, 0.15) is 0 Å². The van der Waals surface area contributed by atoms with Crippen LogP contribution in [0.2, 0.25) is 0 Å². The van der Waals surface area contributed by atoms with Gasteiger partial charge in [0, 0.05) is 51.5 Å². The number of pyridine rings is 1. The van der Waals surface area contributed by atoms with Gasteiger partial charge >= 0.3 is 0 Å². The van der Waals surface area contributed by atoms with Gasteiger partial charge in [-0.05, 0) is 29.7 Å². The third-order valence-corrected chi connectivity index (χ3v) is 4.72. The molecular weight excluding hydrogens is 314 g/mol. The molecular formula is C20H25N3O2. The number of piperazine rings is 1. The average Bonchev–Trinajstić information content (AvgIpc) is 2.68. The van der Waals surface area contributed by atoms with E-state index < -0.39 is 6.10 Å². The summed E-state index contributed by atoms with van der Waals surface area (Å²) < 4.78 is 0. The fourth-order valence-corrected chi connectivity index (χ4v) is 3.16. The summed E-state index contributed by atoms with van der Waals surface area (Å²) in [6.07, 6.45) is 4.34. The third kappa shape index (κ3) is 5.11. The van der Waals surface area contributed by atoms with Crippen molar-refractivity contribution in [2.24, 2.45) is 0 Å². The van der Waals surface area contributed by atoms with E-state index in [2.05, 4.69) is 9.88 Å². The summed E-state index contributed by atoms with van der Waals surface area (Å²) in [7, 11) is 0. The Morgan fingerprint density at radius 1 is 1.04 bits per heavy atom. The predicted octanol–water partition coefficient (Wildman–Crippen LogP) is 1.89. The van der Waals surface area contributed by atoms with Gasteiger partial charge in [-0.1, -0.05) is 30.3 Å². The Labute approximate surface area is 148 Å². The number of nitrogens with zero attached hydrogens (tertiary/aromatic N) is 3. The van der Waals surface area contributed by atoms with E-state index in [1.54, 1.807) is 12.4 Å². The van der Waals surface area contributed by atoms with Gasteiger partial charge in [0.2, 0.25) is 5.91 Å². The van der Waals surface area contributed by atoms with Gasteiger partial charge in [-0.3, -0.25) is 14.7 Å². The molecule has 2 heterocycles. The van der Waals surface area contributed by atoms with Crippen molar-refractivity contribution < 1.29 is 9.90 Å². The van der Waals surface area contributed by atoms with Crippen LogP contribution >= 0.6 is 0 Å². The van der Waals surface area contributed by atoms with Crippen molar-refractivity contribution in [3.63, 3.8) is 0 Å². The number of rotatable bonds is 6. The maximum absolute atomic E-state index is 12.4. The maximum atomic E-state index is 12.4. The fourth-order valence-electron chi connectivity index (χ4n) is 3.16. The highest BCUT2D eigenvalue weighted by Gasteiger charge is 2.22. The van der Waals surface area contributed by atoms with E-state index >= 15 is 0 Å². The van der Waals surface area contributed by atoms with Gasteiger partial charge < -0.3 is 10.0 Å². The quantitative estimate of drug-likeness (QED) is 0.873. The second-order valence-electron chi connectivity index (χ2n) is 6.46. The number of β-amino-alcohol motifs (C(OH)–C–C–N with tert-alkyl or cyclic N) is 1. The van der Waals surface area contributed by atoms with Crippen LogP contribution in [0.15, 0.2) is 54.9 Å². The highest BCUT2D eigenvalue weighted by atomic mass is 16.3. The average molecular weight is 339 g/mol. The number of hydrogen-bond acceptors (Lipinski definition) is 4. The minimum atomic E-state index is -0.477. The molecule has 5 heteroatoms. The Morgan fingerprint density at radius 2 is 1.72 bits per heavy atom. The van der Waals surface area contributed by atoms with Crippen LogP contribution in [0.25, 0.3) is 0 Å². The molecule has 0 spiro atoms. The van der Waals surface area contributed by atoms with Gasteiger partial charge in [-0.25, -0.2) is 0 Å². The van der Waals surface area contributed by atoms with Crippen LogP contribution in [-0.2, 0) is 11.2 Å². The molecule has 1 fully saturated rings. The number of aliphatic hydroxyl groups excluding tert-OH is 1. The van der Waals surface area contributed by atoms with Crippen molar-refractivity contribution in [1.82, 2.24) is 14.8 Å². The van der Waals surface area contributed by atoms with Crippen molar-refractivity contribution >= 4 is 5.91 Å². The van der Waals surface area contributed by atoms with E-state index in [-0.39, 0.29) is 5.91 Å². The molecule has 2 aromatic rings. The number of aromatic nitrogens is 1. The Kier molecular flexibility index (Phi) is 6.14. The minimum absolute atomic E-state index is 0.208. The lowest BCUT2D eigenvalue weighted by atomic mass is 10.1. The number of hydrogen-bond donors (Lipinski definition) is 1. The molecule has 0 aliphatic carbocycles. The molecule has 132 valence electrons. The SMILES string of the molecule is O=C(CCc1ccncc1)N1CCN(C[C@@H](O)c2ccccc2)CC1. The monoisotopic (exact) mass is 339 g/mol. The molecule has 1 aromatic heterocycles. The second kappa shape index (κ2) is 8.74. The summed E-state index contributed by atoms with van der Waals surface area (Å²) in [6, 6.07) is 13.6. The Bertz CT molecular complexity index is 655. The molecule has 1 atom stereocenters. The predicted molar refractivity (Wildman–Crippen MR) is 97.0 cm³/mol. The number of benzene rings is 1. The van der Waals surface area contributed by atoms with Gasteiger partial charge in [-0.15, -0.1) is 0 Å². The maximum Gasteiger partial charge on any atom is 0.222 e. The molecule has 3 rings (SSSR count). The first-order valence-corrected chi connectivity index (χ1v) is 8.84. The Balaban J connectivity index is 1.41. The van der Waals surface area contributed by atoms with Crippen LogP contribution in [0.3, 0.4) is 0 Å². The molecule has 1 aromatic carbocycles. The van der Waals surface area contributed by atoms with Crippen molar-refractivity contribution in [1.29, 1.82) is 0 Å². The highest BCUT2D eigenvalue weighted by molar-refractivity contribution is 5.76. The molecule has 0 unspecified atom stereocenters. The van der Waals surface area contributed by atoms with Gasteiger partial charge in [0.15, 0.2) is 0 Å². The van der Waals surface area contributed by atoms with Crippen molar-refractivity contribution in [2.45, 2.75) is 18.9 Å². The molecule has 5 nitrogen and oxygen atoms in total. The topological polar surface area (TPSA) is 56.7 Å². The smallest absolute Gasteiger partial charge is 0.222 e. The molecule has 0 saturated carbocycles. The second-order valence-corrected chi connectivity index (χ2v) is 6.46. The lowest BCUT2D eigenvalue weighted by molar-refractivity contribution is -0.133. The van der Waals surface area contributed by atoms with Crippen LogP contribution in [-0.4, -0.2) is 58.5 Å². The van der Waals surface area contributed by atoms with Crippen molar-refractivity contribution in [3.05, 3.63) is 66.0 Å². The number of amides is 1. The summed E-state index contributed by atoms with van der Waals surface area (Å²) >= 11 is 0. The van der Waals surface area contributed by atoms with Crippen LogP contribution in [0.4, 0.5) is 0 Å². The van der Waals surface area contributed by atoms with Crippen molar-refractivity contribution in [2.75, 3.05) is 32.7 Å². The fraction of sp³-hybridized carbons (Fsp3) is 0.400. The van der Waals surface area contributed by atoms with Crippen LogP contribution < -0.4 is 0 Å². The summed E-state index contributed by atoms with van der Waals surface area (Å²) in [6.45, 7) is 3.70. The zero-order valence-electron chi connectivity index (χ0n) is 14.4. The van der Waals surface area contributed by atoms with E-state index in [9.17, 15) is 9.90 Å². The number of carbonyl (C=O) groups is 1. The summed E-state index contributed by atoms with van der Waals surface area (Å²) in [5.41, 5.74) is 2.09. The zero-order valence-corrected chi connectivity index (χ0v) is 14.4. The number of aryl methyl sites for hydroxylation is 1. The summed E-state index contributed by atoms with van der Waals surface area (Å²) in [5.74, 6) is 0.208. The van der Waals surface area contributed by atoms with Gasteiger partial charge in [-0.2, -0.15) is 0 Å². The van der Waals surface area contributed by atoms with Gasteiger partial charge in [0.05, 0.1) is 6.10 Å². The molecule has 1 aliphatic heterocycles. The largest absolute Gasteiger partial charge is 0.387 e. The first-order chi connectivity index (χ1) is 12.2. The molecule has 1 N–H and O–H groups in total. The zero-order chi connectivity index (χ0) is 17.5. The third-order valence-electron chi connectivity index (χ3n) is 4.72. The molecule has 1 aliphatic rings. The van der Waals surface area contributed by atoms with Crippen LogP contribution in [0.5, 0.6) is 0 Å². The standard InChI is InChI=1S/C20H25N3O2/c24-19(18-4-2-1-3-5-18)16-22-12-14-23(15-13-22)20(25)7-6-17-8-10-21-11-9-17/h1-5,8-11,19,24H,6-7,12-16H2/t19-/m1/s1. The highest BCUT2D eigenvalue weighted by Crippen LogP contribution is 2.15. The number of carbonyl (C=O) groups excluding carboxylic acids is 1. The van der Waals surface area contributed by atoms with E-state index in [1.165, 1.54) is 0 Å². The first-order valence-electron chi connectivity index (χ1n) is 8.84. The normalized spacial score (nSPS) is 16.6. The summed E-state index contributed by atoms with van der Waals surface area (Å²) in [5, 5.41) is 10.3. The lowest BCUT2D eigenvalue weighted by Gasteiger charge is -2.35. The van der Waals surface area contributed by atoms with E-state index in [1.807, 2.05) is 47.4 Å². The molecule has 1 amide bonds. The van der Waals surface area contributed by atoms with Crippen LogP contribution in [0, 0.1) is 0 Å². The minimum Gasteiger partial charge on any atom is -0.387 e. The van der Waals surface area contributed by atoms with Crippen molar-refractivity contribution in [3.8, 4) is 0 Å². The molecule has 25 heavy (non-hydrogen) atoms. The van der Waals surface area contributed by atoms with Crippen LogP contribution in [0.1, 0.15) is 23.7 Å². The summed E-state index contributed by atoms with van der Waals surface area (Å²) in [4.78, 5) is 20.5. The molecule has 1 saturated heterocycles. The number of aliphatic hydroxyl groups is 1. The van der Waals surface area contributed by atoms with E-state index in [4.69, 9.17) is 0 Å².